The number of thiazole rings is 1. The normalized spacial score (nSPS) is 12.6. The number of fused-ring (bicyclic) bond motifs is 2. The maximum absolute atomic E-state index is 12.6. The van der Waals surface area contributed by atoms with E-state index in [2.05, 4.69) is 20.5 Å². The molecule has 4 rings (SSSR count). The number of para-hydroxylation sites is 1. The number of aromatic nitrogens is 1. The lowest BCUT2D eigenvalue weighted by atomic mass is 10.1. The Morgan fingerprint density at radius 1 is 1.22 bits per heavy atom. The number of carbonyl (C=O) groups excluding carboxylic acids is 2. The zero-order valence-corrected chi connectivity index (χ0v) is 15.5. The first kappa shape index (κ1) is 17.2. The zero-order chi connectivity index (χ0) is 18.8. The Hall–Kier alpha value is -3.19. The summed E-state index contributed by atoms with van der Waals surface area (Å²) in [5.41, 5.74) is 5.21. The Bertz CT molecular complexity index is 1000. The van der Waals surface area contributed by atoms with Crippen molar-refractivity contribution in [2.75, 3.05) is 16.8 Å². The SMILES string of the molecule is CCN1c2ccc(C(=O)NCc3cncs3)cc2NC(=O)c2ccccc21. The molecular formula is C20H18N4O2S. The van der Waals surface area contributed by atoms with Gasteiger partial charge in [-0.25, -0.2) is 0 Å². The molecular weight excluding hydrogens is 360 g/mol. The number of amides is 2. The zero-order valence-electron chi connectivity index (χ0n) is 14.7. The van der Waals surface area contributed by atoms with Gasteiger partial charge in [0.05, 0.1) is 34.7 Å². The van der Waals surface area contributed by atoms with Crippen LogP contribution in [0, 0.1) is 0 Å². The average Bonchev–Trinajstić information content (AvgIpc) is 3.17. The van der Waals surface area contributed by atoms with Crippen LogP contribution in [0.2, 0.25) is 0 Å². The van der Waals surface area contributed by atoms with Gasteiger partial charge in [-0.05, 0) is 37.3 Å². The number of anilines is 3. The summed E-state index contributed by atoms with van der Waals surface area (Å²) in [5.74, 6) is -0.365. The van der Waals surface area contributed by atoms with Crippen LogP contribution in [0.25, 0.3) is 0 Å². The minimum absolute atomic E-state index is 0.176. The van der Waals surface area contributed by atoms with Gasteiger partial charge in [-0.1, -0.05) is 12.1 Å². The van der Waals surface area contributed by atoms with Crippen molar-refractivity contribution in [3.8, 4) is 0 Å². The molecule has 3 aromatic rings. The Labute approximate surface area is 160 Å². The van der Waals surface area contributed by atoms with Crippen molar-refractivity contribution in [2.45, 2.75) is 13.5 Å². The van der Waals surface area contributed by atoms with Gasteiger partial charge in [-0.15, -0.1) is 11.3 Å². The molecule has 27 heavy (non-hydrogen) atoms. The van der Waals surface area contributed by atoms with Crippen molar-refractivity contribution in [3.63, 3.8) is 0 Å². The first-order chi connectivity index (χ1) is 13.2. The minimum Gasteiger partial charge on any atom is -0.347 e. The fourth-order valence-corrected chi connectivity index (χ4v) is 3.71. The third kappa shape index (κ3) is 3.29. The van der Waals surface area contributed by atoms with Crippen LogP contribution in [-0.4, -0.2) is 23.3 Å². The molecule has 0 aliphatic carbocycles. The molecule has 7 heteroatoms. The summed E-state index contributed by atoms with van der Waals surface area (Å²) in [5, 5.41) is 5.82. The monoisotopic (exact) mass is 378 g/mol. The van der Waals surface area contributed by atoms with E-state index in [1.54, 1.807) is 23.8 Å². The molecule has 1 aromatic heterocycles. The molecule has 0 spiro atoms. The lowest BCUT2D eigenvalue weighted by molar-refractivity contribution is 0.0950. The maximum atomic E-state index is 12.6. The smallest absolute Gasteiger partial charge is 0.257 e. The molecule has 1 aliphatic rings. The highest BCUT2D eigenvalue weighted by atomic mass is 32.1. The largest absolute Gasteiger partial charge is 0.347 e. The molecule has 2 amide bonds. The van der Waals surface area contributed by atoms with Crippen molar-refractivity contribution in [2.24, 2.45) is 0 Å². The van der Waals surface area contributed by atoms with Gasteiger partial charge in [-0.3, -0.25) is 14.6 Å². The average molecular weight is 378 g/mol. The van der Waals surface area contributed by atoms with E-state index in [4.69, 9.17) is 0 Å². The van der Waals surface area contributed by atoms with E-state index >= 15 is 0 Å². The number of hydrogen-bond acceptors (Lipinski definition) is 5. The van der Waals surface area contributed by atoms with Crippen LogP contribution >= 0.6 is 11.3 Å². The number of nitrogens with zero attached hydrogens (tertiary/aromatic N) is 2. The summed E-state index contributed by atoms with van der Waals surface area (Å²) in [6, 6.07) is 12.9. The van der Waals surface area contributed by atoms with Crippen LogP contribution in [0.15, 0.2) is 54.2 Å². The summed E-state index contributed by atoms with van der Waals surface area (Å²) in [4.78, 5) is 32.2. The van der Waals surface area contributed by atoms with Gasteiger partial charge in [-0.2, -0.15) is 0 Å². The molecule has 6 nitrogen and oxygen atoms in total. The summed E-state index contributed by atoms with van der Waals surface area (Å²) in [7, 11) is 0. The summed E-state index contributed by atoms with van der Waals surface area (Å²) < 4.78 is 0. The van der Waals surface area contributed by atoms with E-state index in [1.165, 1.54) is 11.3 Å². The van der Waals surface area contributed by atoms with E-state index in [9.17, 15) is 9.59 Å². The second-order valence-corrected chi connectivity index (χ2v) is 7.07. The van der Waals surface area contributed by atoms with Gasteiger partial charge >= 0.3 is 0 Å². The second-order valence-electron chi connectivity index (χ2n) is 6.10. The Balaban J connectivity index is 1.65. The van der Waals surface area contributed by atoms with Gasteiger partial charge in [0.2, 0.25) is 0 Å². The van der Waals surface area contributed by atoms with E-state index in [1.807, 2.05) is 37.3 Å². The van der Waals surface area contributed by atoms with Crippen molar-refractivity contribution in [1.82, 2.24) is 10.3 Å². The van der Waals surface area contributed by atoms with Crippen LogP contribution in [-0.2, 0) is 6.54 Å². The number of hydrogen-bond donors (Lipinski definition) is 2. The predicted molar refractivity (Wildman–Crippen MR) is 107 cm³/mol. The molecule has 2 heterocycles. The third-order valence-electron chi connectivity index (χ3n) is 4.46. The first-order valence-corrected chi connectivity index (χ1v) is 9.53. The highest BCUT2D eigenvalue weighted by Crippen LogP contribution is 2.37. The van der Waals surface area contributed by atoms with Crippen molar-refractivity contribution >= 4 is 40.2 Å². The molecule has 0 atom stereocenters. The highest BCUT2D eigenvalue weighted by molar-refractivity contribution is 7.09. The topological polar surface area (TPSA) is 74.3 Å². The van der Waals surface area contributed by atoms with Crippen LogP contribution in [0.5, 0.6) is 0 Å². The number of carbonyl (C=O) groups is 2. The molecule has 1 aliphatic heterocycles. The lowest BCUT2D eigenvalue weighted by Crippen LogP contribution is -2.23. The minimum atomic E-state index is -0.190. The molecule has 2 aromatic carbocycles. The van der Waals surface area contributed by atoms with Crippen LogP contribution in [0.4, 0.5) is 17.1 Å². The summed E-state index contributed by atoms with van der Waals surface area (Å²) >= 11 is 1.49. The third-order valence-corrected chi connectivity index (χ3v) is 5.24. The van der Waals surface area contributed by atoms with E-state index in [0.717, 1.165) is 16.3 Å². The van der Waals surface area contributed by atoms with Gasteiger partial charge in [0.25, 0.3) is 11.8 Å². The Morgan fingerprint density at radius 3 is 2.85 bits per heavy atom. The van der Waals surface area contributed by atoms with Crippen molar-refractivity contribution in [3.05, 3.63) is 70.2 Å². The molecule has 0 fully saturated rings. The quantitative estimate of drug-likeness (QED) is 0.724. The Morgan fingerprint density at radius 2 is 2.07 bits per heavy atom. The number of nitrogens with one attached hydrogen (secondary N) is 2. The van der Waals surface area contributed by atoms with E-state index in [0.29, 0.717) is 29.9 Å². The van der Waals surface area contributed by atoms with Crippen LogP contribution in [0.1, 0.15) is 32.5 Å². The van der Waals surface area contributed by atoms with Gasteiger partial charge in [0, 0.05) is 23.2 Å². The van der Waals surface area contributed by atoms with E-state index in [-0.39, 0.29) is 11.8 Å². The first-order valence-electron chi connectivity index (χ1n) is 8.65. The van der Waals surface area contributed by atoms with Crippen molar-refractivity contribution < 1.29 is 9.59 Å². The summed E-state index contributed by atoms with van der Waals surface area (Å²) in [6.07, 6.45) is 1.73. The molecule has 0 unspecified atom stereocenters. The molecule has 136 valence electrons. The second kappa shape index (κ2) is 7.20. The molecule has 0 radical (unpaired) electrons. The van der Waals surface area contributed by atoms with Gasteiger partial charge < -0.3 is 15.5 Å². The maximum Gasteiger partial charge on any atom is 0.257 e. The number of benzene rings is 2. The molecule has 0 saturated carbocycles. The highest BCUT2D eigenvalue weighted by Gasteiger charge is 2.24. The molecule has 0 bridgehead atoms. The van der Waals surface area contributed by atoms with Gasteiger partial charge in [0.15, 0.2) is 0 Å². The van der Waals surface area contributed by atoms with Crippen molar-refractivity contribution in [1.29, 1.82) is 0 Å². The fraction of sp³-hybridized carbons (Fsp3) is 0.150. The molecule has 2 N–H and O–H groups in total. The molecule has 0 saturated heterocycles. The van der Waals surface area contributed by atoms with E-state index < -0.39 is 0 Å². The van der Waals surface area contributed by atoms with Crippen LogP contribution < -0.4 is 15.5 Å². The Kier molecular flexibility index (Phi) is 4.60. The predicted octanol–water partition coefficient (Wildman–Crippen LogP) is 3.80. The fourth-order valence-electron chi connectivity index (χ4n) is 3.17. The standard InChI is InChI=1S/C20H18N4O2S/c1-2-24-17-6-4-3-5-15(17)20(26)23-16-9-13(7-8-18(16)24)19(25)22-11-14-10-21-12-27-14/h3-10,12H,2,11H2,1H3,(H,22,25)(H,23,26). The lowest BCUT2D eigenvalue weighted by Gasteiger charge is -2.24. The van der Waals surface area contributed by atoms with Gasteiger partial charge in [0.1, 0.15) is 0 Å². The number of rotatable bonds is 4. The van der Waals surface area contributed by atoms with Crippen LogP contribution in [0.3, 0.4) is 0 Å². The summed E-state index contributed by atoms with van der Waals surface area (Å²) in [6.45, 7) is 3.17.